The predicted molar refractivity (Wildman–Crippen MR) is 191 cm³/mol. The lowest BCUT2D eigenvalue weighted by molar-refractivity contribution is 0.350. The average molecular weight is 693 g/mol. The monoisotopic (exact) mass is 692 g/mol. The van der Waals surface area contributed by atoms with E-state index in [4.69, 9.17) is 9.40 Å². The molecule has 0 amide bonds. The molecule has 13 nitrogen and oxygen atoms in total. The van der Waals surface area contributed by atoms with Crippen LogP contribution in [0.2, 0.25) is 0 Å². The third-order valence-electron chi connectivity index (χ3n) is 9.13. The summed E-state index contributed by atoms with van der Waals surface area (Å²) in [4.78, 5) is 14.0. The zero-order valence-electron chi connectivity index (χ0n) is 26.5. The van der Waals surface area contributed by atoms with Gasteiger partial charge in [0.15, 0.2) is 34.6 Å². The summed E-state index contributed by atoms with van der Waals surface area (Å²) in [6.45, 7) is 0. The molecule has 3 heterocycles. The Balaban J connectivity index is 1.36. The van der Waals surface area contributed by atoms with Crippen molar-refractivity contribution in [3.63, 3.8) is 0 Å². The Morgan fingerprint density at radius 2 is 0.962 bits per heavy atom. The summed E-state index contributed by atoms with van der Waals surface area (Å²) >= 11 is 0. The highest BCUT2D eigenvalue weighted by molar-refractivity contribution is 6.21. The van der Waals surface area contributed by atoms with E-state index in [9.17, 15) is 40.9 Å². The molecule has 9 aromatic rings. The van der Waals surface area contributed by atoms with Crippen molar-refractivity contribution < 1.29 is 45.3 Å². The SMILES string of the molecule is Oc1c(O)c(O)c2c(c1O)c1c(O)c(O)c(O)c(O)c1n2-c1nc(-c2ccccc2)nc(-c2ccc3c(c2)oc2cccc(-c4ccccc4)c23)n1. The lowest BCUT2D eigenvalue weighted by Crippen LogP contribution is -2.06. The molecule has 254 valence electrons. The molecule has 52 heavy (non-hydrogen) atoms. The Labute approximate surface area is 291 Å². The Hall–Kier alpha value is -7.67. The minimum atomic E-state index is -1.15. The van der Waals surface area contributed by atoms with Gasteiger partial charge >= 0.3 is 0 Å². The first-order valence-electron chi connectivity index (χ1n) is 15.8. The second-order valence-corrected chi connectivity index (χ2v) is 12.1. The van der Waals surface area contributed by atoms with Gasteiger partial charge in [0.2, 0.25) is 28.9 Å². The molecule has 6 aromatic carbocycles. The van der Waals surface area contributed by atoms with Crippen LogP contribution in [0.15, 0.2) is 101 Å². The van der Waals surface area contributed by atoms with Gasteiger partial charge in [0, 0.05) is 21.9 Å². The van der Waals surface area contributed by atoms with Crippen molar-refractivity contribution >= 4 is 43.7 Å². The van der Waals surface area contributed by atoms with Crippen LogP contribution in [0.4, 0.5) is 0 Å². The number of hydrogen-bond acceptors (Lipinski definition) is 12. The first-order valence-corrected chi connectivity index (χ1v) is 15.8. The largest absolute Gasteiger partial charge is 0.504 e. The number of benzene rings is 6. The van der Waals surface area contributed by atoms with Gasteiger partial charge in [-0.05, 0) is 29.3 Å². The normalized spacial score (nSPS) is 11.7. The molecule has 13 heteroatoms. The van der Waals surface area contributed by atoms with E-state index in [1.54, 1.807) is 42.5 Å². The van der Waals surface area contributed by atoms with E-state index in [-0.39, 0.29) is 17.6 Å². The van der Waals surface area contributed by atoms with Gasteiger partial charge in [-0.3, -0.25) is 4.57 Å². The van der Waals surface area contributed by atoms with E-state index in [0.717, 1.165) is 26.5 Å². The van der Waals surface area contributed by atoms with Crippen LogP contribution in [0.3, 0.4) is 0 Å². The summed E-state index contributed by atoms with van der Waals surface area (Å²) in [5.74, 6) is -8.71. The smallest absolute Gasteiger partial charge is 0.239 e. The van der Waals surface area contributed by atoms with Crippen LogP contribution in [0, 0.1) is 0 Å². The molecule has 0 aliphatic rings. The number of rotatable bonds is 4. The van der Waals surface area contributed by atoms with Gasteiger partial charge in [-0.1, -0.05) is 78.9 Å². The molecule has 0 radical (unpaired) electrons. The van der Waals surface area contributed by atoms with Crippen molar-refractivity contribution in [3.05, 3.63) is 97.1 Å². The molecular formula is C39H24N4O9. The number of aromatic hydroxyl groups is 8. The maximum Gasteiger partial charge on any atom is 0.239 e. The molecule has 0 aliphatic heterocycles. The van der Waals surface area contributed by atoms with Crippen LogP contribution in [0.5, 0.6) is 46.0 Å². The van der Waals surface area contributed by atoms with E-state index < -0.39 is 67.8 Å². The summed E-state index contributed by atoms with van der Waals surface area (Å²) in [6, 6.07) is 29.9. The molecule has 3 aromatic heterocycles. The number of phenols is 8. The van der Waals surface area contributed by atoms with Gasteiger partial charge in [-0.15, -0.1) is 0 Å². The predicted octanol–water partition coefficient (Wildman–Crippen LogP) is 7.51. The van der Waals surface area contributed by atoms with E-state index in [2.05, 4.69) is 9.97 Å². The highest BCUT2D eigenvalue weighted by Gasteiger charge is 2.33. The van der Waals surface area contributed by atoms with Crippen molar-refractivity contribution in [3.8, 4) is 85.8 Å². The summed E-state index contributed by atoms with van der Waals surface area (Å²) < 4.78 is 7.27. The molecule has 0 saturated heterocycles. The quantitative estimate of drug-likeness (QED) is 0.0663. The van der Waals surface area contributed by atoms with E-state index in [0.29, 0.717) is 22.3 Å². The van der Waals surface area contributed by atoms with Crippen molar-refractivity contribution in [2.45, 2.75) is 0 Å². The van der Waals surface area contributed by atoms with Gasteiger partial charge in [0.25, 0.3) is 0 Å². The molecule has 0 bridgehead atoms. The van der Waals surface area contributed by atoms with E-state index >= 15 is 0 Å². The van der Waals surface area contributed by atoms with Gasteiger partial charge in [-0.2, -0.15) is 9.97 Å². The van der Waals surface area contributed by atoms with Crippen LogP contribution in [-0.2, 0) is 0 Å². The van der Waals surface area contributed by atoms with Crippen molar-refractivity contribution in [2.24, 2.45) is 0 Å². The molecule has 0 aliphatic carbocycles. The summed E-state index contributed by atoms with van der Waals surface area (Å²) in [7, 11) is 0. The van der Waals surface area contributed by atoms with Crippen LogP contribution < -0.4 is 0 Å². The van der Waals surface area contributed by atoms with Gasteiger partial charge in [-0.25, -0.2) is 4.98 Å². The second kappa shape index (κ2) is 10.9. The first kappa shape index (κ1) is 30.4. The number of furan rings is 1. The Bertz CT molecular complexity index is 2860. The lowest BCUT2D eigenvalue weighted by atomic mass is 9.99. The fraction of sp³-hybridized carbons (Fsp3) is 0. The molecule has 8 N–H and O–H groups in total. The van der Waals surface area contributed by atoms with E-state index in [1.165, 1.54) is 0 Å². The third kappa shape index (κ3) is 4.19. The Kier molecular flexibility index (Phi) is 6.38. The molecule has 0 atom stereocenters. The van der Waals surface area contributed by atoms with Gasteiger partial charge in [0.1, 0.15) is 22.2 Å². The minimum Gasteiger partial charge on any atom is -0.504 e. The third-order valence-corrected chi connectivity index (χ3v) is 9.13. The standard InChI is InChI=1S/C39H24N4O9/c44-29-25-26-28(32(47)36(51)34(49)30(26)45)43(27(25)31(46)35(50)33(29)48)39-41-37(18-10-5-2-6-11-18)40-38(42-39)19-14-15-21-23(16-19)52-22-13-7-12-20(24(21)22)17-8-3-1-4-9-17/h1-16,44-51H. The van der Waals surface area contributed by atoms with Crippen molar-refractivity contribution in [1.82, 2.24) is 19.5 Å². The molecule has 9 rings (SSSR count). The summed E-state index contributed by atoms with van der Waals surface area (Å²) in [6.07, 6.45) is 0. The summed E-state index contributed by atoms with van der Waals surface area (Å²) in [5.41, 5.74) is 3.22. The van der Waals surface area contributed by atoms with Crippen molar-refractivity contribution in [1.29, 1.82) is 0 Å². The lowest BCUT2D eigenvalue weighted by Gasteiger charge is -2.13. The van der Waals surface area contributed by atoms with Crippen molar-refractivity contribution in [2.75, 3.05) is 0 Å². The molecule has 0 unspecified atom stereocenters. The molecule has 0 fully saturated rings. The van der Waals surface area contributed by atoms with Crippen LogP contribution >= 0.6 is 0 Å². The van der Waals surface area contributed by atoms with Gasteiger partial charge in [0.05, 0.1) is 10.8 Å². The number of phenolic OH excluding ortho intramolecular Hbond substituents is 8. The second-order valence-electron chi connectivity index (χ2n) is 12.1. The highest BCUT2D eigenvalue weighted by atomic mass is 16.4. The maximum absolute atomic E-state index is 11.2. The minimum absolute atomic E-state index is 0.0860. The number of hydrogen-bond donors (Lipinski definition) is 8. The number of aromatic nitrogens is 4. The van der Waals surface area contributed by atoms with E-state index in [1.807, 2.05) is 54.6 Å². The zero-order chi connectivity index (χ0) is 36.0. The van der Waals surface area contributed by atoms with Crippen LogP contribution in [-0.4, -0.2) is 60.4 Å². The first-order chi connectivity index (χ1) is 25.1. The topological polar surface area (TPSA) is 219 Å². The maximum atomic E-state index is 11.2. The van der Waals surface area contributed by atoms with Gasteiger partial charge < -0.3 is 45.3 Å². The Morgan fingerprint density at radius 1 is 0.423 bits per heavy atom. The van der Waals surface area contributed by atoms with Crippen LogP contribution in [0.1, 0.15) is 0 Å². The fourth-order valence-corrected chi connectivity index (χ4v) is 6.72. The Morgan fingerprint density at radius 3 is 1.56 bits per heavy atom. The average Bonchev–Trinajstić information content (AvgIpc) is 3.75. The molecular weight excluding hydrogens is 668 g/mol. The number of nitrogens with zero attached hydrogens (tertiary/aromatic N) is 4. The van der Waals surface area contributed by atoms with Crippen LogP contribution in [0.25, 0.3) is 83.6 Å². The fourth-order valence-electron chi connectivity index (χ4n) is 6.72. The number of fused-ring (bicyclic) bond motifs is 6. The molecule has 0 saturated carbocycles. The molecule has 0 spiro atoms. The zero-order valence-corrected chi connectivity index (χ0v) is 26.5. The summed E-state index contributed by atoms with van der Waals surface area (Å²) in [5, 5.41) is 87.1. The highest BCUT2D eigenvalue weighted by Crippen LogP contribution is 2.58.